The van der Waals surface area contributed by atoms with E-state index in [0.29, 0.717) is 6.61 Å². The van der Waals surface area contributed by atoms with Gasteiger partial charge in [-0.1, -0.05) is 0 Å². The van der Waals surface area contributed by atoms with Crippen LogP contribution >= 0.6 is 11.8 Å². The molecule has 0 bridgehead atoms. The van der Waals surface area contributed by atoms with Crippen molar-refractivity contribution in [3.8, 4) is 0 Å². The number of hydrogen-bond acceptors (Lipinski definition) is 3. The van der Waals surface area contributed by atoms with Gasteiger partial charge in [0.15, 0.2) is 0 Å². The van der Waals surface area contributed by atoms with Gasteiger partial charge in [-0.05, 0) is 12.1 Å². The Morgan fingerprint density at radius 2 is 2.40 bits per heavy atom. The molecule has 0 spiro atoms. The fourth-order valence-electron chi connectivity index (χ4n) is 0.594. The van der Waals surface area contributed by atoms with Crippen LogP contribution in [0.3, 0.4) is 0 Å². The first kappa shape index (κ1) is 6.19. The van der Waals surface area contributed by atoms with E-state index >= 15 is 0 Å². The number of hydrogen-bond donors (Lipinski definition) is 1. The van der Waals surface area contributed by atoms with Crippen molar-refractivity contribution in [3.05, 3.63) is 24.5 Å². The topological polar surface area (TPSA) is 33.1 Å². The fourth-order valence-corrected chi connectivity index (χ4v) is 1.23. The molecule has 0 aliphatic rings. The molecule has 0 unspecified atom stereocenters. The second-order valence-electron chi connectivity index (χ2n) is 1.74. The average Bonchev–Trinajstić information content (AvgIpc) is 2.07. The number of pyridine rings is 1. The van der Waals surface area contributed by atoms with Crippen molar-refractivity contribution in [2.45, 2.75) is 4.90 Å². The summed E-state index contributed by atoms with van der Waals surface area (Å²) in [5.41, 5.74) is 0. The molecule has 2 nitrogen and oxygen atoms in total. The first-order valence-electron chi connectivity index (χ1n) is 3.45. The van der Waals surface area contributed by atoms with E-state index in [1.54, 1.807) is 24.2 Å². The zero-order valence-electron chi connectivity index (χ0n) is 6.49. The Morgan fingerprint density at radius 1 is 1.60 bits per heavy atom. The monoisotopic (exact) mass is 157 g/mol. The van der Waals surface area contributed by atoms with Crippen molar-refractivity contribution in [1.82, 2.24) is 4.98 Å². The van der Waals surface area contributed by atoms with Crippen LogP contribution in [0.4, 0.5) is 0 Å². The van der Waals surface area contributed by atoms with Gasteiger partial charge in [0.2, 0.25) is 1.43 Å². The van der Waals surface area contributed by atoms with Crippen LogP contribution < -0.4 is 0 Å². The molecule has 0 fully saturated rings. The number of aromatic nitrogens is 1. The summed E-state index contributed by atoms with van der Waals surface area (Å²) in [7, 11) is 0. The van der Waals surface area contributed by atoms with E-state index < -0.39 is 0 Å². The van der Waals surface area contributed by atoms with E-state index in [-0.39, 0.29) is 0 Å². The van der Waals surface area contributed by atoms with Gasteiger partial charge in [0.25, 0.3) is 0 Å². The van der Waals surface area contributed by atoms with Gasteiger partial charge >= 0.3 is 0 Å². The zero-order valence-corrected chi connectivity index (χ0v) is 6.30. The van der Waals surface area contributed by atoms with E-state index in [9.17, 15) is 0 Å². The molecule has 0 saturated heterocycles. The number of nitrogens with zero attached hydrogens (tertiary/aromatic N) is 1. The van der Waals surface area contributed by atoms with Crippen LogP contribution in [0.1, 0.15) is 0 Å². The molecule has 0 radical (unpaired) electrons. The summed E-state index contributed by atoms with van der Waals surface area (Å²) >= 11 is 1.66. The van der Waals surface area contributed by atoms with Crippen LogP contribution in [0, 0.1) is 0 Å². The molecule has 1 aromatic rings. The number of aliphatic hydroxyl groups excluding tert-OH is 1. The summed E-state index contributed by atoms with van der Waals surface area (Å²) in [5.74, 6) is 0.813. The minimum atomic E-state index is 0.465. The molecule has 10 heavy (non-hydrogen) atoms. The van der Waals surface area contributed by atoms with Crippen LogP contribution in [0.15, 0.2) is 29.4 Å². The predicted octanol–water partition coefficient (Wildman–Crippen LogP) is 1.17. The summed E-state index contributed by atoms with van der Waals surface area (Å²) in [6.45, 7) is 0.465. The van der Waals surface area contributed by atoms with Crippen LogP contribution in [-0.4, -0.2) is 23.9 Å². The highest BCUT2D eigenvalue weighted by molar-refractivity contribution is 7.99. The van der Waals surface area contributed by atoms with Crippen molar-refractivity contribution in [2.24, 2.45) is 0 Å². The highest BCUT2D eigenvalue weighted by atomic mass is 32.2. The van der Waals surface area contributed by atoms with E-state index in [0.717, 1.165) is 10.6 Å². The molecule has 0 saturated carbocycles. The minimum absolute atomic E-state index is 0.465. The molecular weight excluding hydrogens is 146 g/mol. The van der Waals surface area contributed by atoms with Crippen molar-refractivity contribution < 1.29 is 5.11 Å². The SMILES string of the molecule is [3H]OCCSc1ccncc1. The van der Waals surface area contributed by atoms with E-state index in [4.69, 9.17) is 1.43 Å². The van der Waals surface area contributed by atoms with Gasteiger partial charge in [-0.2, -0.15) is 0 Å². The molecule has 1 N–H and O–H groups in total. The molecule has 0 aromatic carbocycles. The summed E-state index contributed by atoms with van der Waals surface area (Å²) in [6, 6.07) is 3.88. The Kier molecular flexibility index (Phi) is 2.66. The van der Waals surface area contributed by atoms with Gasteiger partial charge in [-0.25, -0.2) is 0 Å². The largest absolute Gasteiger partial charge is 0.396 e. The molecule has 1 aromatic heterocycles. The molecule has 1 heterocycles. The third kappa shape index (κ3) is 2.37. The fraction of sp³-hybridized carbons (Fsp3) is 0.286. The Bertz CT molecular complexity index is 195. The molecule has 0 aliphatic carbocycles. The summed E-state index contributed by atoms with van der Waals surface area (Å²) in [6.07, 6.45) is 3.51. The van der Waals surface area contributed by atoms with Crippen LogP contribution in [0.5, 0.6) is 0 Å². The molecular formula is C7H9NOS. The number of rotatable bonds is 4. The Morgan fingerprint density at radius 3 is 3.10 bits per heavy atom. The molecule has 0 amide bonds. The Balaban J connectivity index is 2.28. The molecule has 3 heteroatoms. The first-order valence-corrected chi connectivity index (χ1v) is 4.03. The van der Waals surface area contributed by atoms with Crippen molar-refractivity contribution in [3.63, 3.8) is 0 Å². The Labute approximate surface area is 65.8 Å². The smallest absolute Gasteiger partial charge is 0.210 e. The maximum Gasteiger partial charge on any atom is 0.210 e. The van der Waals surface area contributed by atoms with Crippen molar-refractivity contribution in [1.29, 1.82) is 1.43 Å². The molecule has 1 rings (SSSR count). The Hall–Kier alpha value is -0.540. The first-order chi connectivity index (χ1) is 5.43. The van der Waals surface area contributed by atoms with Crippen molar-refractivity contribution in [2.75, 3.05) is 12.4 Å². The van der Waals surface area contributed by atoms with E-state index in [1.165, 1.54) is 0 Å². The van der Waals surface area contributed by atoms with Gasteiger partial charge in [0.05, 0.1) is 6.61 Å². The second-order valence-corrected chi connectivity index (χ2v) is 2.90. The van der Waals surface area contributed by atoms with Crippen LogP contribution in [-0.2, 0) is 0 Å². The van der Waals surface area contributed by atoms with Crippen LogP contribution in [0.2, 0.25) is 0 Å². The third-order valence-electron chi connectivity index (χ3n) is 1.00. The normalized spacial score (nSPS) is 11.0. The number of aliphatic hydroxyl groups is 1. The van der Waals surface area contributed by atoms with E-state index in [1.807, 2.05) is 12.1 Å². The van der Waals surface area contributed by atoms with Crippen LogP contribution in [0.25, 0.3) is 0 Å². The molecule has 0 aliphatic heterocycles. The van der Waals surface area contributed by atoms with Gasteiger partial charge in [-0.3, -0.25) is 4.98 Å². The zero-order chi connectivity index (χ0) is 7.94. The quantitative estimate of drug-likeness (QED) is 0.526. The van der Waals surface area contributed by atoms with Gasteiger partial charge in [0, 0.05) is 23.0 Å². The van der Waals surface area contributed by atoms with Gasteiger partial charge in [-0.15, -0.1) is 11.8 Å². The summed E-state index contributed by atoms with van der Waals surface area (Å²) < 4.78 is 6.44. The van der Waals surface area contributed by atoms with Gasteiger partial charge in [0.1, 0.15) is 0 Å². The lowest BCUT2D eigenvalue weighted by Gasteiger charge is -1.95. The van der Waals surface area contributed by atoms with Gasteiger partial charge < -0.3 is 5.11 Å². The van der Waals surface area contributed by atoms with E-state index in [2.05, 4.69) is 10.1 Å². The maximum absolute atomic E-state index is 6.44. The van der Waals surface area contributed by atoms with Crippen molar-refractivity contribution >= 4 is 11.8 Å². The summed E-state index contributed by atoms with van der Waals surface area (Å²) in [5, 5.41) is 4.18. The highest BCUT2D eigenvalue weighted by Gasteiger charge is 1.88. The maximum atomic E-state index is 6.44. The predicted molar refractivity (Wildman–Crippen MR) is 42.0 cm³/mol. The molecule has 0 atom stereocenters. The number of thioether (sulfide) groups is 1. The average molecular weight is 157 g/mol. The standard InChI is InChI=1S/C7H9NOS/c9-5-6-10-7-1-3-8-4-2-7/h1-4,9H,5-6H2/i9T. The lowest BCUT2D eigenvalue weighted by atomic mass is 10.5. The third-order valence-corrected chi connectivity index (χ3v) is 1.98. The molecule has 54 valence electrons. The lowest BCUT2D eigenvalue weighted by Crippen LogP contribution is -1.84. The summed E-state index contributed by atoms with van der Waals surface area (Å²) in [4.78, 5) is 5.06. The highest BCUT2D eigenvalue weighted by Crippen LogP contribution is 2.14. The second kappa shape index (κ2) is 4.30. The minimum Gasteiger partial charge on any atom is -0.396 e. The lowest BCUT2D eigenvalue weighted by molar-refractivity contribution is 0.322.